The van der Waals surface area contributed by atoms with Gasteiger partial charge in [0, 0.05) is 24.4 Å². The zero-order valence-electron chi connectivity index (χ0n) is 13.7. The van der Waals surface area contributed by atoms with Gasteiger partial charge >= 0.3 is 0 Å². The van der Waals surface area contributed by atoms with Gasteiger partial charge in [-0.3, -0.25) is 0 Å². The number of hydrogen-bond donors (Lipinski definition) is 2. The number of nitrogens with zero attached hydrogens (tertiary/aromatic N) is 1. The molecule has 0 unspecified atom stereocenters. The molecule has 0 amide bonds. The van der Waals surface area contributed by atoms with E-state index in [4.69, 9.17) is 0 Å². The Morgan fingerprint density at radius 2 is 1.52 bits per heavy atom. The van der Waals surface area contributed by atoms with Crippen molar-refractivity contribution in [1.29, 1.82) is 0 Å². The summed E-state index contributed by atoms with van der Waals surface area (Å²) in [4.78, 5) is 0. The average Bonchev–Trinajstić information content (AvgIpc) is 2.62. The minimum Gasteiger partial charge on any atom is -0.411 e. The molecule has 0 aliphatic carbocycles. The summed E-state index contributed by atoms with van der Waals surface area (Å²) in [6.45, 7) is 4.38. The van der Waals surface area contributed by atoms with Gasteiger partial charge in [-0.1, -0.05) is 79.7 Å². The summed E-state index contributed by atoms with van der Waals surface area (Å²) in [5.41, 5.74) is 3.37. The number of benzene rings is 2. The monoisotopic (exact) mass is 308 g/mol. The van der Waals surface area contributed by atoms with Crippen LogP contribution in [0.15, 0.2) is 65.8 Å². The van der Waals surface area contributed by atoms with Crippen LogP contribution in [-0.2, 0) is 0 Å². The number of rotatable bonds is 3. The second-order valence-electron chi connectivity index (χ2n) is 6.58. The van der Waals surface area contributed by atoms with Crippen LogP contribution in [0.3, 0.4) is 0 Å². The second-order valence-corrected chi connectivity index (χ2v) is 6.58. The number of piperidine rings is 1. The molecule has 0 bridgehead atoms. The zero-order chi connectivity index (χ0) is 16.2. The van der Waals surface area contributed by atoms with Gasteiger partial charge in [0.25, 0.3) is 0 Å². The summed E-state index contributed by atoms with van der Waals surface area (Å²) in [5.74, 6) is 0.595. The maximum Gasteiger partial charge on any atom is 0.0642 e. The molecule has 0 saturated carbocycles. The summed E-state index contributed by atoms with van der Waals surface area (Å²) >= 11 is 0. The highest BCUT2D eigenvalue weighted by Crippen LogP contribution is 2.39. The van der Waals surface area contributed by atoms with Gasteiger partial charge in [0.15, 0.2) is 0 Å². The van der Waals surface area contributed by atoms with Crippen LogP contribution in [0, 0.1) is 11.8 Å². The first-order chi connectivity index (χ1) is 11.2. The Hall–Kier alpha value is -2.13. The molecular formula is C20H24N2O. The van der Waals surface area contributed by atoms with Gasteiger partial charge in [-0.15, -0.1) is 0 Å². The highest BCUT2D eigenvalue weighted by Gasteiger charge is 2.38. The van der Waals surface area contributed by atoms with E-state index < -0.39 is 0 Å². The minimum absolute atomic E-state index is 0.154. The van der Waals surface area contributed by atoms with E-state index in [1.54, 1.807) is 0 Å². The Kier molecular flexibility index (Phi) is 4.77. The Bertz CT molecular complexity index is 652. The Morgan fingerprint density at radius 3 is 2.04 bits per heavy atom. The molecule has 3 rings (SSSR count). The van der Waals surface area contributed by atoms with Gasteiger partial charge in [0.1, 0.15) is 0 Å². The summed E-state index contributed by atoms with van der Waals surface area (Å²) in [7, 11) is 0. The molecule has 2 N–H and O–H groups in total. The molecule has 2 aromatic carbocycles. The fourth-order valence-corrected chi connectivity index (χ4v) is 3.66. The molecule has 1 heterocycles. The van der Waals surface area contributed by atoms with Crippen LogP contribution >= 0.6 is 0 Å². The van der Waals surface area contributed by atoms with Gasteiger partial charge in [-0.2, -0.15) is 0 Å². The summed E-state index contributed by atoms with van der Waals surface area (Å²) < 4.78 is 0. The van der Waals surface area contributed by atoms with Crippen molar-refractivity contribution in [3.8, 4) is 0 Å². The number of hydrogen-bond acceptors (Lipinski definition) is 3. The van der Waals surface area contributed by atoms with Crippen molar-refractivity contribution < 1.29 is 5.21 Å². The normalized spacial score (nSPS) is 26.6. The smallest absolute Gasteiger partial charge is 0.0642 e. The SMILES string of the molecule is CC(C)[C@@H]1C(=NO)C[C@@H](c2ccccc2)N[C@H]1c1ccccc1. The average molecular weight is 308 g/mol. The lowest BCUT2D eigenvalue weighted by molar-refractivity contribution is 0.263. The highest BCUT2D eigenvalue weighted by atomic mass is 16.4. The first kappa shape index (κ1) is 15.8. The molecule has 0 aromatic heterocycles. The molecule has 23 heavy (non-hydrogen) atoms. The van der Waals surface area contributed by atoms with Gasteiger partial charge in [-0.25, -0.2) is 0 Å². The maximum atomic E-state index is 9.60. The van der Waals surface area contributed by atoms with Crippen molar-refractivity contribution in [2.45, 2.75) is 32.4 Å². The van der Waals surface area contributed by atoms with Crippen molar-refractivity contribution >= 4 is 5.71 Å². The fraction of sp³-hybridized carbons (Fsp3) is 0.350. The molecule has 0 radical (unpaired) electrons. The van der Waals surface area contributed by atoms with E-state index in [2.05, 4.69) is 72.9 Å². The van der Waals surface area contributed by atoms with Crippen LogP contribution in [0.25, 0.3) is 0 Å². The van der Waals surface area contributed by atoms with Crippen molar-refractivity contribution in [1.82, 2.24) is 5.32 Å². The molecule has 3 atom stereocenters. The summed E-state index contributed by atoms with van der Waals surface area (Å²) in [6.07, 6.45) is 0.743. The number of nitrogens with one attached hydrogen (secondary N) is 1. The van der Waals surface area contributed by atoms with Crippen LogP contribution in [0.1, 0.15) is 43.5 Å². The Balaban J connectivity index is 1.98. The minimum atomic E-state index is 0.154. The van der Waals surface area contributed by atoms with Gasteiger partial charge in [0.2, 0.25) is 0 Å². The molecule has 0 spiro atoms. The lowest BCUT2D eigenvalue weighted by atomic mass is 9.75. The molecule has 1 aliphatic rings. The Morgan fingerprint density at radius 1 is 0.957 bits per heavy atom. The van der Waals surface area contributed by atoms with E-state index in [0.717, 1.165) is 12.1 Å². The van der Waals surface area contributed by atoms with Crippen LogP contribution in [-0.4, -0.2) is 10.9 Å². The third-order valence-electron chi connectivity index (χ3n) is 4.75. The first-order valence-electron chi connectivity index (χ1n) is 8.27. The van der Waals surface area contributed by atoms with Crippen molar-refractivity contribution in [3.63, 3.8) is 0 Å². The maximum absolute atomic E-state index is 9.60. The predicted molar refractivity (Wildman–Crippen MR) is 93.7 cm³/mol. The second kappa shape index (κ2) is 6.97. The summed E-state index contributed by atoms with van der Waals surface area (Å²) in [5, 5.41) is 17.1. The van der Waals surface area contributed by atoms with Gasteiger partial charge in [-0.05, 0) is 17.0 Å². The third-order valence-corrected chi connectivity index (χ3v) is 4.75. The van der Waals surface area contributed by atoms with E-state index in [9.17, 15) is 5.21 Å². The van der Waals surface area contributed by atoms with Crippen LogP contribution < -0.4 is 5.32 Å². The van der Waals surface area contributed by atoms with Gasteiger partial charge < -0.3 is 10.5 Å². The lowest BCUT2D eigenvalue weighted by Crippen LogP contribution is -2.44. The largest absolute Gasteiger partial charge is 0.411 e. The first-order valence-corrected chi connectivity index (χ1v) is 8.27. The standard InChI is InChI=1S/C20H24N2O/c1-14(2)19-18(22-23)13-17(15-9-5-3-6-10-15)21-20(19)16-11-7-4-8-12-16/h3-12,14,17,19-21,23H,13H2,1-2H3/t17-,19+,20-/m0/s1. The predicted octanol–water partition coefficient (Wildman–Crippen LogP) is 4.56. The van der Waals surface area contributed by atoms with E-state index >= 15 is 0 Å². The van der Waals surface area contributed by atoms with Crippen molar-refractivity contribution in [2.75, 3.05) is 0 Å². The van der Waals surface area contributed by atoms with E-state index in [0.29, 0.717) is 5.92 Å². The van der Waals surface area contributed by atoms with Crippen molar-refractivity contribution in [3.05, 3.63) is 71.8 Å². The molecule has 3 heteroatoms. The Labute approximate surface area is 138 Å². The molecule has 120 valence electrons. The number of oxime groups is 1. The van der Waals surface area contributed by atoms with Gasteiger partial charge in [0.05, 0.1) is 5.71 Å². The quantitative estimate of drug-likeness (QED) is 0.644. The third kappa shape index (κ3) is 3.30. The fourth-order valence-electron chi connectivity index (χ4n) is 3.66. The molecule has 1 saturated heterocycles. The molecule has 2 aromatic rings. The highest BCUT2D eigenvalue weighted by molar-refractivity contribution is 5.89. The van der Waals surface area contributed by atoms with Crippen LogP contribution in [0.2, 0.25) is 0 Å². The van der Waals surface area contributed by atoms with Crippen LogP contribution in [0.4, 0.5) is 0 Å². The lowest BCUT2D eigenvalue weighted by Gasteiger charge is -2.40. The van der Waals surface area contributed by atoms with E-state index in [1.165, 1.54) is 11.1 Å². The molecule has 1 aliphatic heterocycles. The van der Waals surface area contributed by atoms with E-state index in [-0.39, 0.29) is 18.0 Å². The molecule has 1 fully saturated rings. The molecule has 3 nitrogen and oxygen atoms in total. The summed E-state index contributed by atoms with van der Waals surface area (Å²) in [6, 6.07) is 21.2. The zero-order valence-corrected chi connectivity index (χ0v) is 13.7. The van der Waals surface area contributed by atoms with Crippen LogP contribution in [0.5, 0.6) is 0 Å². The molecular weight excluding hydrogens is 284 g/mol. The van der Waals surface area contributed by atoms with E-state index in [1.807, 2.05) is 12.1 Å². The topological polar surface area (TPSA) is 44.6 Å². The van der Waals surface area contributed by atoms with Crippen molar-refractivity contribution in [2.24, 2.45) is 17.0 Å².